The van der Waals surface area contributed by atoms with Gasteiger partial charge in [-0.05, 0) is 58.5 Å². The molecular weight excluding hydrogens is 392 g/mol. The number of aromatic nitrogens is 5. The van der Waals surface area contributed by atoms with Crippen molar-refractivity contribution in [3.8, 4) is 0 Å². The molecule has 0 fully saturated rings. The van der Waals surface area contributed by atoms with E-state index in [9.17, 15) is 4.79 Å². The fourth-order valence-corrected chi connectivity index (χ4v) is 4.36. The third-order valence-corrected chi connectivity index (χ3v) is 5.87. The first-order chi connectivity index (χ1) is 15.2. The van der Waals surface area contributed by atoms with Crippen molar-refractivity contribution in [2.24, 2.45) is 0 Å². The number of nitrogens with zero attached hydrogens (tertiary/aromatic N) is 5. The zero-order valence-electron chi connectivity index (χ0n) is 17.6. The lowest BCUT2D eigenvalue weighted by Crippen LogP contribution is -2.34. The highest BCUT2D eigenvalue weighted by atomic mass is 16.5. The summed E-state index contributed by atoms with van der Waals surface area (Å²) in [7, 11) is 1.65. The highest BCUT2D eigenvalue weighted by Crippen LogP contribution is 2.37. The number of nitrogens with one attached hydrogen (secondary N) is 1. The van der Waals surface area contributed by atoms with Crippen molar-refractivity contribution in [2.45, 2.75) is 25.9 Å². The number of hydrogen-bond donors (Lipinski definition) is 1. The number of H-pyrrole nitrogens is 1. The number of aryl methyl sites for hydroxylation is 1. The molecule has 2 aromatic carbocycles. The number of anilines is 1. The third kappa shape index (κ3) is 3.48. The van der Waals surface area contributed by atoms with E-state index in [1.807, 2.05) is 43.3 Å². The van der Waals surface area contributed by atoms with Crippen LogP contribution in [-0.4, -0.2) is 45.5 Å². The number of para-hydroxylation sites is 1. The van der Waals surface area contributed by atoms with Crippen molar-refractivity contribution in [3.63, 3.8) is 0 Å². The molecule has 0 saturated heterocycles. The maximum atomic E-state index is 13.3. The second-order valence-corrected chi connectivity index (χ2v) is 7.87. The number of fused-ring (bicyclic) bond motifs is 2. The molecule has 2 aromatic heterocycles. The van der Waals surface area contributed by atoms with Gasteiger partial charge in [0, 0.05) is 30.4 Å². The summed E-state index contributed by atoms with van der Waals surface area (Å²) in [6.07, 6.45) is 0.914. The Morgan fingerprint density at radius 1 is 1.19 bits per heavy atom. The average molecular weight is 416 g/mol. The lowest BCUT2D eigenvalue weighted by molar-refractivity contribution is 0.181. The number of hydrogen-bond acceptors (Lipinski definition) is 6. The number of rotatable bonds is 6. The van der Waals surface area contributed by atoms with Gasteiger partial charge in [-0.3, -0.25) is 4.79 Å². The molecule has 0 spiro atoms. The summed E-state index contributed by atoms with van der Waals surface area (Å²) in [5.41, 5.74) is 4.79. The number of ether oxygens (including phenoxy) is 1. The smallest absolute Gasteiger partial charge is 0.254 e. The Hall–Kier alpha value is -3.52. The van der Waals surface area contributed by atoms with Crippen LogP contribution in [0.3, 0.4) is 0 Å². The van der Waals surface area contributed by atoms with Gasteiger partial charge in [-0.25, -0.2) is 4.68 Å². The standard InChI is InChI=1S/C23H24N6O2/c1-15-7-8-17-14-18(23(30)24-19(17)13-15)21(22-25-26-27-29(22)11-12-31-2)28-10-9-16-5-3-4-6-20(16)28/h3-8,13-14,21H,9-12H2,1-2H3,(H,24,30). The molecule has 1 aliphatic heterocycles. The minimum Gasteiger partial charge on any atom is -0.383 e. The van der Waals surface area contributed by atoms with Crippen LogP contribution < -0.4 is 10.5 Å². The Bertz CT molecular complexity index is 1290. The molecule has 8 nitrogen and oxygen atoms in total. The lowest BCUT2D eigenvalue weighted by atomic mass is 10.0. The van der Waals surface area contributed by atoms with Crippen molar-refractivity contribution < 1.29 is 4.74 Å². The van der Waals surface area contributed by atoms with Gasteiger partial charge in [0.15, 0.2) is 5.82 Å². The quantitative estimate of drug-likeness (QED) is 0.520. The number of benzene rings is 2. The predicted molar refractivity (Wildman–Crippen MR) is 118 cm³/mol. The van der Waals surface area contributed by atoms with Crippen LogP contribution in [0.1, 0.15) is 28.6 Å². The van der Waals surface area contributed by atoms with Gasteiger partial charge >= 0.3 is 0 Å². The van der Waals surface area contributed by atoms with E-state index in [0.717, 1.165) is 35.1 Å². The molecule has 0 aliphatic carbocycles. The highest BCUT2D eigenvalue weighted by Gasteiger charge is 2.34. The fraction of sp³-hybridized carbons (Fsp3) is 0.304. The summed E-state index contributed by atoms with van der Waals surface area (Å²) in [6, 6.07) is 15.9. The Morgan fingerprint density at radius 2 is 2.06 bits per heavy atom. The molecule has 1 atom stereocenters. The summed E-state index contributed by atoms with van der Waals surface area (Å²) < 4.78 is 6.96. The molecule has 1 unspecified atom stereocenters. The maximum absolute atomic E-state index is 13.3. The molecule has 4 aromatic rings. The topological polar surface area (TPSA) is 88.9 Å². The molecule has 0 radical (unpaired) electrons. The van der Waals surface area contributed by atoms with Crippen LogP contribution in [0.2, 0.25) is 0 Å². The van der Waals surface area contributed by atoms with Gasteiger partial charge in [-0.1, -0.05) is 30.3 Å². The van der Waals surface area contributed by atoms with E-state index >= 15 is 0 Å². The van der Waals surface area contributed by atoms with Crippen molar-refractivity contribution in [1.82, 2.24) is 25.2 Å². The molecule has 1 N–H and O–H groups in total. The fourth-order valence-electron chi connectivity index (χ4n) is 4.36. The number of methoxy groups -OCH3 is 1. The molecule has 1 aliphatic rings. The second kappa shape index (κ2) is 7.96. The van der Waals surface area contributed by atoms with E-state index in [4.69, 9.17) is 4.74 Å². The molecule has 158 valence electrons. The van der Waals surface area contributed by atoms with Gasteiger partial charge in [0.2, 0.25) is 0 Å². The van der Waals surface area contributed by atoms with Crippen molar-refractivity contribution in [3.05, 3.63) is 81.4 Å². The van der Waals surface area contributed by atoms with E-state index in [-0.39, 0.29) is 5.56 Å². The van der Waals surface area contributed by atoms with Gasteiger partial charge in [0.05, 0.1) is 13.2 Å². The third-order valence-electron chi connectivity index (χ3n) is 5.87. The number of tetrazole rings is 1. The monoisotopic (exact) mass is 416 g/mol. The summed E-state index contributed by atoms with van der Waals surface area (Å²) in [5, 5.41) is 13.4. The predicted octanol–water partition coefficient (Wildman–Crippen LogP) is 2.62. The van der Waals surface area contributed by atoms with Gasteiger partial charge < -0.3 is 14.6 Å². The molecule has 5 rings (SSSR count). The van der Waals surface area contributed by atoms with E-state index in [1.54, 1.807) is 11.8 Å². The van der Waals surface area contributed by atoms with Crippen LogP contribution in [0.25, 0.3) is 10.9 Å². The zero-order chi connectivity index (χ0) is 21.4. The minimum atomic E-state index is -0.412. The van der Waals surface area contributed by atoms with Crippen molar-refractivity contribution >= 4 is 16.6 Å². The molecule has 3 heterocycles. The van der Waals surface area contributed by atoms with E-state index in [0.29, 0.717) is 24.5 Å². The summed E-state index contributed by atoms with van der Waals surface area (Å²) in [4.78, 5) is 18.6. The summed E-state index contributed by atoms with van der Waals surface area (Å²) >= 11 is 0. The Morgan fingerprint density at radius 3 is 2.94 bits per heavy atom. The minimum absolute atomic E-state index is 0.131. The second-order valence-electron chi connectivity index (χ2n) is 7.87. The molecule has 0 amide bonds. The van der Waals surface area contributed by atoms with Gasteiger partial charge in [0.1, 0.15) is 6.04 Å². The molecule has 31 heavy (non-hydrogen) atoms. The van der Waals surface area contributed by atoms with Crippen LogP contribution in [-0.2, 0) is 17.7 Å². The summed E-state index contributed by atoms with van der Waals surface area (Å²) in [6.45, 7) is 3.79. The maximum Gasteiger partial charge on any atom is 0.254 e. The van der Waals surface area contributed by atoms with Crippen LogP contribution in [0.5, 0.6) is 0 Å². The van der Waals surface area contributed by atoms with Crippen LogP contribution in [0.4, 0.5) is 5.69 Å². The Labute approximate surface area is 179 Å². The normalized spacial score (nSPS) is 14.2. The van der Waals surface area contributed by atoms with E-state index in [1.165, 1.54) is 5.56 Å². The van der Waals surface area contributed by atoms with Gasteiger partial charge in [-0.2, -0.15) is 0 Å². The number of aromatic amines is 1. The average Bonchev–Trinajstić information content (AvgIpc) is 3.41. The Balaban J connectivity index is 1.70. The van der Waals surface area contributed by atoms with Crippen LogP contribution in [0, 0.1) is 6.92 Å². The highest BCUT2D eigenvalue weighted by molar-refractivity contribution is 5.80. The summed E-state index contributed by atoms with van der Waals surface area (Å²) in [5.74, 6) is 0.630. The van der Waals surface area contributed by atoms with E-state index in [2.05, 4.69) is 37.5 Å². The van der Waals surface area contributed by atoms with Crippen LogP contribution >= 0.6 is 0 Å². The molecule has 0 saturated carbocycles. The SMILES string of the molecule is COCCn1nnnc1C(c1cc2ccc(C)cc2[nH]c1=O)N1CCc2ccccc21. The van der Waals surface area contributed by atoms with Gasteiger partial charge in [-0.15, -0.1) is 5.10 Å². The molecule has 0 bridgehead atoms. The first-order valence-electron chi connectivity index (χ1n) is 10.4. The number of pyridine rings is 1. The molecule has 8 heteroatoms. The van der Waals surface area contributed by atoms with E-state index < -0.39 is 6.04 Å². The first kappa shape index (κ1) is 19.4. The largest absolute Gasteiger partial charge is 0.383 e. The first-order valence-corrected chi connectivity index (χ1v) is 10.4. The van der Waals surface area contributed by atoms with Gasteiger partial charge in [0.25, 0.3) is 5.56 Å². The Kier molecular flexibility index (Phi) is 4.99. The lowest BCUT2D eigenvalue weighted by Gasteiger charge is -2.29. The van der Waals surface area contributed by atoms with Crippen molar-refractivity contribution in [2.75, 3.05) is 25.2 Å². The zero-order valence-corrected chi connectivity index (χ0v) is 17.6. The van der Waals surface area contributed by atoms with Crippen molar-refractivity contribution in [1.29, 1.82) is 0 Å². The van der Waals surface area contributed by atoms with Crippen LogP contribution in [0.15, 0.2) is 53.3 Å². The molecular formula is C23H24N6O2.